The van der Waals surface area contributed by atoms with Crippen molar-refractivity contribution < 1.29 is 23.2 Å². The Labute approximate surface area is 159 Å². The molecule has 2 rings (SSSR count). The van der Waals surface area contributed by atoms with Crippen LogP contribution in [-0.2, 0) is 14.8 Å². The average Bonchev–Trinajstić information content (AvgIpc) is 2.60. The van der Waals surface area contributed by atoms with Gasteiger partial charge in [-0.15, -0.1) is 0 Å². The number of nitrogens with zero attached hydrogens (tertiary/aromatic N) is 1. The van der Waals surface area contributed by atoms with Crippen LogP contribution in [0.2, 0.25) is 0 Å². The monoisotopic (exact) mass is 402 g/mol. The second kappa shape index (κ2) is 8.16. The molecule has 1 heterocycles. The highest BCUT2D eigenvalue weighted by atomic mass is 32.2. The molecule has 26 heavy (non-hydrogen) atoms. The molecule has 9 heteroatoms. The Hall–Kier alpha value is -1.29. The van der Waals surface area contributed by atoms with Crippen LogP contribution in [0.5, 0.6) is 5.75 Å². The quantitative estimate of drug-likeness (QED) is 0.560. The van der Waals surface area contributed by atoms with E-state index in [1.807, 2.05) is 13.8 Å². The summed E-state index contributed by atoms with van der Waals surface area (Å²) in [4.78, 5) is 12.3. The van der Waals surface area contributed by atoms with Gasteiger partial charge in [0.05, 0.1) is 11.0 Å². The number of hydrogen-bond donors (Lipinski definition) is 2. The summed E-state index contributed by atoms with van der Waals surface area (Å²) in [5, 5.41) is 9.07. The summed E-state index contributed by atoms with van der Waals surface area (Å²) in [6.45, 7) is 7.73. The second-order valence-corrected chi connectivity index (χ2v) is 10.4. The number of benzene rings is 1. The van der Waals surface area contributed by atoms with Crippen molar-refractivity contribution in [2.75, 3.05) is 12.3 Å². The molecule has 0 aliphatic carbocycles. The predicted molar refractivity (Wildman–Crippen MR) is 101 cm³/mol. The Morgan fingerprint density at radius 1 is 1.42 bits per heavy atom. The minimum absolute atomic E-state index is 0.0370. The summed E-state index contributed by atoms with van der Waals surface area (Å²) < 4.78 is 32.4. The third kappa shape index (κ3) is 4.33. The fourth-order valence-corrected chi connectivity index (χ4v) is 5.97. The first-order valence-electron chi connectivity index (χ1n) is 8.50. The molecule has 0 saturated carbocycles. The van der Waals surface area contributed by atoms with Crippen LogP contribution in [-0.4, -0.2) is 53.0 Å². The van der Waals surface area contributed by atoms with Gasteiger partial charge < -0.3 is 4.74 Å². The van der Waals surface area contributed by atoms with E-state index in [1.54, 1.807) is 31.5 Å². The molecular formula is C17H26N2O5S2. The van der Waals surface area contributed by atoms with E-state index in [4.69, 9.17) is 9.94 Å². The number of hydrogen-bond acceptors (Lipinski definition) is 6. The maximum Gasteiger partial charge on any atom is 0.263 e. The molecule has 1 aliphatic rings. The molecule has 1 fully saturated rings. The lowest BCUT2D eigenvalue weighted by Gasteiger charge is -2.43. The Bertz CT molecular complexity index is 734. The number of thioether (sulfide) groups is 1. The highest BCUT2D eigenvalue weighted by Crippen LogP contribution is 2.38. The Kier molecular flexibility index (Phi) is 6.60. The van der Waals surface area contributed by atoms with E-state index < -0.39 is 26.7 Å². The van der Waals surface area contributed by atoms with E-state index in [0.29, 0.717) is 11.5 Å². The molecule has 0 aromatic heterocycles. The molecule has 0 radical (unpaired) electrons. The van der Waals surface area contributed by atoms with E-state index in [1.165, 1.54) is 28.2 Å². The molecule has 2 N–H and O–H groups in total. The van der Waals surface area contributed by atoms with Crippen molar-refractivity contribution >= 4 is 27.7 Å². The molecule has 2 atom stereocenters. The van der Waals surface area contributed by atoms with E-state index >= 15 is 0 Å². The second-order valence-electron chi connectivity index (χ2n) is 6.75. The standard InChI is InChI=1S/C17H26N2O5S2/c1-5-12(2)24-13-6-8-14(9-7-13)26(22,23)19-10-11-25-17(3,4)15(19)16(20)18-21/h6-9,12,15,21H,5,10-11H2,1-4H3,(H,18,20)/t12?,15-/m0/s1. The first-order valence-corrected chi connectivity index (χ1v) is 10.9. The normalized spacial score (nSPS) is 21.8. The van der Waals surface area contributed by atoms with E-state index in [0.717, 1.165) is 6.42 Å². The molecule has 146 valence electrons. The van der Waals surface area contributed by atoms with Gasteiger partial charge in [0.1, 0.15) is 11.8 Å². The first-order chi connectivity index (χ1) is 12.1. The number of ether oxygens (including phenoxy) is 1. The van der Waals surface area contributed by atoms with Crippen LogP contribution in [0.1, 0.15) is 34.1 Å². The lowest BCUT2D eigenvalue weighted by Crippen LogP contribution is -2.61. The first kappa shape index (κ1) is 21.0. The molecule has 1 aliphatic heterocycles. The molecule has 7 nitrogen and oxygen atoms in total. The zero-order valence-electron chi connectivity index (χ0n) is 15.4. The Morgan fingerprint density at radius 3 is 2.58 bits per heavy atom. The topological polar surface area (TPSA) is 95.9 Å². The van der Waals surface area contributed by atoms with Crippen LogP contribution in [0.3, 0.4) is 0 Å². The van der Waals surface area contributed by atoms with Crippen molar-refractivity contribution in [3.63, 3.8) is 0 Å². The van der Waals surface area contributed by atoms with Crippen LogP contribution in [0.4, 0.5) is 0 Å². The Balaban J connectivity index is 2.34. The van der Waals surface area contributed by atoms with Gasteiger partial charge in [0.15, 0.2) is 0 Å². The molecule has 0 spiro atoms. The zero-order valence-corrected chi connectivity index (χ0v) is 17.1. The van der Waals surface area contributed by atoms with Gasteiger partial charge in [0, 0.05) is 17.0 Å². The largest absolute Gasteiger partial charge is 0.491 e. The molecule has 1 aromatic carbocycles. The minimum atomic E-state index is -3.90. The van der Waals surface area contributed by atoms with Gasteiger partial charge in [0.25, 0.3) is 5.91 Å². The predicted octanol–water partition coefficient (Wildman–Crippen LogP) is 2.25. The smallest absolute Gasteiger partial charge is 0.263 e. The molecular weight excluding hydrogens is 376 g/mol. The fraction of sp³-hybridized carbons (Fsp3) is 0.588. The summed E-state index contributed by atoms with van der Waals surface area (Å²) in [7, 11) is -3.90. The lowest BCUT2D eigenvalue weighted by molar-refractivity contribution is -0.134. The number of carbonyl (C=O) groups excluding carboxylic acids is 1. The highest BCUT2D eigenvalue weighted by molar-refractivity contribution is 8.00. The fourth-order valence-electron chi connectivity index (χ4n) is 2.86. The van der Waals surface area contributed by atoms with E-state index in [2.05, 4.69) is 0 Å². The lowest BCUT2D eigenvalue weighted by atomic mass is 10.0. The van der Waals surface area contributed by atoms with E-state index in [-0.39, 0.29) is 17.5 Å². The Morgan fingerprint density at radius 2 is 2.04 bits per heavy atom. The number of amides is 1. The molecule has 1 aromatic rings. The maximum atomic E-state index is 13.1. The number of rotatable bonds is 6. The maximum absolute atomic E-state index is 13.1. The number of nitrogens with one attached hydrogen (secondary N) is 1. The molecule has 1 saturated heterocycles. The van der Waals surface area contributed by atoms with Crippen molar-refractivity contribution in [3.8, 4) is 5.75 Å². The summed E-state index contributed by atoms with van der Waals surface area (Å²) >= 11 is 1.50. The molecule has 0 bridgehead atoms. The van der Waals surface area contributed by atoms with Crippen LogP contribution in [0.25, 0.3) is 0 Å². The number of carbonyl (C=O) groups is 1. The average molecular weight is 403 g/mol. The van der Waals surface area contributed by atoms with Crippen molar-refractivity contribution in [1.29, 1.82) is 0 Å². The van der Waals surface area contributed by atoms with Gasteiger partial charge in [-0.25, -0.2) is 13.9 Å². The summed E-state index contributed by atoms with van der Waals surface area (Å²) in [6.07, 6.45) is 0.883. The van der Waals surface area contributed by atoms with Crippen LogP contribution in [0, 0.1) is 0 Å². The third-order valence-electron chi connectivity index (χ3n) is 4.43. The van der Waals surface area contributed by atoms with Crippen LogP contribution < -0.4 is 10.2 Å². The summed E-state index contributed by atoms with van der Waals surface area (Å²) in [5.41, 5.74) is 1.60. The molecule has 1 unspecified atom stereocenters. The third-order valence-corrected chi connectivity index (χ3v) is 7.67. The van der Waals surface area contributed by atoms with Gasteiger partial charge >= 0.3 is 0 Å². The zero-order chi connectivity index (χ0) is 19.5. The van der Waals surface area contributed by atoms with Crippen molar-refractivity contribution in [2.45, 2.75) is 55.9 Å². The SMILES string of the molecule is CCC(C)Oc1ccc(S(=O)(=O)N2CCSC(C)(C)[C@@H]2C(=O)NO)cc1. The van der Waals surface area contributed by atoms with E-state index in [9.17, 15) is 13.2 Å². The van der Waals surface area contributed by atoms with Crippen LogP contribution in [0.15, 0.2) is 29.2 Å². The van der Waals surface area contributed by atoms with Gasteiger partial charge in [-0.05, 0) is 51.5 Å². The van der Waals surface area contributed by atoms with Crippen LogP contribution >= 0.6 is 11.8 Å². The minimum Gasteiger partial charge on any atom is -0.491 e. The number of sulfonamides is 1. The van der Waals surface area contributed by atoms with Crippen molar-refractivity contribution in [3.05, 3.63) is 24.3 Å². The van der Waals surface area contributed by atoms with Crippen molar-refractivity contribution in [1.82, 2.24) is 9.79 Å². The molecule has 1 amide bonds. The summed E-state index contributed by atoms with van der Waals surface area (Å²) in [5.74, 6) is 0.427. The highest BCUT2D eigenvalue weighted by Gasteiger charge is 2.48. The van der Waals surface area contributed by atoms with Gasteiger partial charge in [-0.2, -0.15) is 16.1 Å². The van der Waals surface area contributed by atoms with Gasteiger partial charge in [-0.3, -0.25) is 10.0 Å². The summed E-state index contributed by atoms with van der Waals surface area (Å²) in [6, 6.07) is 5.19. The van der Waals surface area contributed by atoms with Gasteiger partial charge in [-0.1, -0.05) is 6.92 Å². The van der Waals surface area contributed by atoms with Crippen molar-refractivity contribution in [2.24, 2.45) is 0 Å². The van der Waals surface area contributed by atoms with Gasteiger partial charge in [0.2, 0.25) is 10.0 Å². The number of hydroxylamine groups is 1.